The van der Waals surface area contributed by atoms with Gasteiger partial charge in [0.2, 0.25) is 0 Å². The number of thioether (sulfide) groups is 1. The summed E-state index contributed by atoms with van der Waals surface area (Å²) in [6.45, 7) is 12.5. The second kappa shape index (κ2) is 13.0. The topological polar surface area (TPSA) is 59.1 Å². The molecule has 1 aliphatic rings. The molecule has 0 saturated heterocycles. The lowest BCUT2D eigenvalue weighted by atomic mass is 10.0. The van der Waals surface area contributed by atoms with Crippen LogP contribution in [0.5, 0.6) is 0 Å². The minimum absolute atomic E-state index is 0.0104. The van der Waals surface area contributed by atoms with Crippen molar-refractivity contribution < 1.29 is 18.8 Å². The van der Waals surface area contributed by atoms with E-state index in [2.05, 4.69) is 51.9 Å². The van der Waals surface area contributed by atoms with Gasteiger partial charge in [0.15, 0.2) is 8.32 Å². The molecule has 2 aromatic rings. The number of ether oxygens (including phenoxy) is 1. The highest BCUT2D eigenvalue weighted by molar-refractivity contribution is 8.16. The molecular formula is C29H38N2O4S2Si. The number of hydrazine groups is 1. The molecule has 38 heavy (non-hydrogen) atoms. The SMILES string of the molecule is C#Cc1cccc(CC(CCN2C=CSC(=O)N2CCc2ccc(C(=O)OC)s2)O[Si](C)(C)C(C)(C)C)c1. The van der Waals surface area contributed by atoms with Gasteiger partial charge in [-0.05, 0) is 78.0 Å². The zero-order valence-electron chi connectivity index (χ0n) is 23.2. The lowest BCUT2D eigenvalue weighted by Crippen LogP contribution is -2.47. The van der Waals surface area contributed by atoms with Gasteiger partial charge in [0.25, 0.3) is 0 Å². The quantitative estimate of drug-likeness (QED) is 0.166. The second-order valence-electron chi connectivity index (χ2n) is 10.8. The van der Waals surface area contributed by atoms with Gasteiger partial charge in [0.1, 0.15) is 4.88 Å². The zero-order valence-corrected chi connectivity index (χ0v) is 25.8. The fraction of sp³-hybridized carbons (Fsp3) is 0.448. The molecule has 0 N–H and O–H groups in total. The Morgan fingerprint density at radius 2 is 1.95 bits per heavy atom. The van der Waals surface area contributed by atoms with Crippen LogP contribution in [0.2, 0.25) is 18.1 Å². The van der Waals surface area contributed by atoms with Gasteiger partial charge in [-0.15, -0.1) is 17.8 Å². The van der Waals surface area contributed by atoms with Crippen LogP contribution < -0.4 is 0 Å². The molecule has 2 heterocycles. The lowest BCUT2D eigenvalue weighted by Gasteiger charge is -2.41. The van der Waals surface area contributed by atoms with Gasteiger partial charge in [-0.3, -0.25) is 9.80 Å². The number of esters is 1. The Hall–Kier alpha value is -2.51. The molecule has 0 saturated carbocycles. The van der Waals surface area contributed by atoms with Crippen LogP contribution in [-0.4, -0.2) is 55.8 Å². The number of terminal acetylenes is 1. The third kappa shape index (κ3) is 8.00. The van der Waals surface area contributed by atoms with Crippen molar-refractivity contribution in [1.29, 1.82) is 0 Å². The van der Waals surface area contributed by atoms with Crippen LogP contribution in [-0.2, 0) is 22.0 Å². The maximum absolute atomic E-state index is 12.8. The molecule has 0 fully saturated rings. The number of thiophene rings is 1. The van der Waals surface area contributed by atoms with Crippen LogP contribution in [0, 0.1) is 12.3 Å². The molecule has 1 aliphatic heterocycles. The normalized spacial score (nSPS) is 14.9. The van der Waals surface area contributed by atoms with Crippen molar-refractivity contribution in [3.8, 4) is 12.3 Å². The Kier molecular flexibility index (Phi) is 10.3. The first-order chi connectivity index (χ1) is 17.9. The first-order valence-corrected chi connectivity index (χ1v) is 17.4. The van der Waals surface area contributed by atoms with Gasteiger partial charge in [-0.2, -0.15) is 0 Å². The third-order valence-electron chi connectivity index (χ3n) is 7.05. The van der Waals surface area contributed by atoms with E-state index in [-0.39, 0.29) is 22.4 Å². The minimum Gasteiger partial charge on any atom is -0.465 e. The predicted octanol–water partition coefficient (Wildman–Crippen LogP) is 6.94. The number of hydrogen-bond donors (Lipinski definition) is 0. The summed E-state index contributed by atoms with van der Waals surface area (Å²) in [4.78, 5) is 26.2. The largest absolute Gasteiger partial charge is 0.465 e. The lowest BCUT2D eigenvalue weighted by molar-refractivity contribution is 0.0567. The fourth-order valence-electron chi connectivity index (χ4n) is 3.88. The fourth-order valence-corrected chi connectivity index (χ4v) is 6.82. The van der Waals surface area contributed by atoms with Crippen molar-refractivity contribution in [2.45, 2.75) is 64.3 Å². The van der Waals surface area contributed by atoms with E-state index >= 15 is 0 Å². The van der Waals surface area contributed by atoms with Crippen LogP contribution in [0.25, 0.3) is 0 Å². The summed E-state index contributed by atoms with van der Waals surface area (Å²) < 4.78 is 11.7. The number of rotatable bonds is 11. The molecule has 0 bridgehead atoms. The molecule has 0 spiro atoms. The summed E-state index contributed by atoms with van der Waals surface area (Å²) in [6.07, 6.45) is 9.76. The van der Waals surface area contributed by atoms with Crippen molar-refractivity contribution in [1.82, 2.24) is 10.0 Å². The molecule has 0 aliphatic carbocycles. The molecule has 1 aromatic carbocycles. The molecule has 6 nitrogen and oxygen atoms in total. The number of carbonyl (C=O) groups excluding carboxylic acids is 2. The Balaban J connectivity index is 1.72. The highest BCUT2D eigenvalue weighted by Crippen LogP contribution is 2.38. The third-order valence-corrected chi connectivity index (χ3v) is 13.4. The maximum atomic E-state index is 12.8. The highest BCUT2D eigenvalue weighted by atomic mass is 32.2. The summed E-state index contributed by atoms with van der Waals surface area (Å²) in [5, 5.41) is 5.68. The van der Waals surface area contributed by atoms with Gasteiger partial charge in [0.05, 0.1) is 13.2 Å². The maximum Gasteiger partial charge on any atom is 0.348 e. The smallest absolute Gasteiger partial charge is 0.348 e. The monoisotopic (exact) mass is 570 g/mol. The van der Waals surface area contributed by atoms with E-state index in [0.29, 0.717) is 24.4 Å². The first-order valence-electron chi connectivity index (χ1n) is 12.8. The summed E-state index contributed by atoms with van der Waals surface area (Å²) >= 11 is 2.59. The molecule has 3 rings (SSSR count). The van der Waals surface area contributed by atoms with Gasteiger partial charge < -0.3 is 9.16 Å². The van der Waals surface area contributed by atoms with Crippen molar-refractivity contribution in [3.63, 3.8) is 0 Å². The number of amides is 1. The Labute approximate surface area is 236 Å². The Morgan fingerprint density at radius 3 is 2.63 bits per heavy atom. The number of carbonyl (C=O) groups is 2. The first kappa shape index (κ1) is 30.0. The van der Waals surface area contributed by atoms with Gasteiger partial charge >= 0.3 is 11.2 Å². The van der Waals surface area contributed by atoms with E-state index in [1.807, 2.05) is 34.8 Å². The average Bonchev–Trinajstić information content (AvgIpc) is 3.34. The molecule has 204 valence electrons. The van der Waals surface area contributed by atoms with Crippen molar-refractivity contribution >= 4 is 42.6 Å². The number of benzene rings is 1. The molecule has 9 heteroatoms. The van der Waals surface area contributed by atoms with E-state index in [4.69, 9.17) is 15.6 Å². The van der Waals surface area contributed by atoms with E-state index in [1.165, 1.54) is 30.2 Å². The Bertz CT molecular complexity index is 1200. The molecule has 1 unspecified atom stereocenters. The van der Waals surface area contributed by atoms with Crippen LogP contribution in [0.15, 0.2) is 48.0 Å². The van der Waals surface area contributed by atoms with E-state index in [1.54, 1.807) is 11.1 Å². The van der Waals surface area contributed by atoms with Crippen molar-refractivity contribution in [2.24, 2.45) is 0 Å². The predicted molar refractivity (Wildman–Crippen MR) is 160 cm³/mol. The zero-order chi connectivity index (χ0) is 27.9. The minimum atomic E-state index is -2.03. The number of hydrogen-bond acceptors (Lipinski definition) is 7. The average molecular weight is 571 g/mol. The second-order valence-corrected chi connectivity index (χ2v) is 17.6. The summed E-state index contributed by atoms with van der Waals surface area (Å²) in [6, 6.07) is 11.8. The molecule has 1 atom stereocenters. The van der Waals surface area contributed by atoms with Gasteiger partial charge in [-0.1, -0.05) is 38.8 Å². The molecule has 1 amide bonds. The summed E-state index contributed by atoms with van der Waals surface area (Å²) in [7, 11) is -0.650. The number of methoxy groups -OCH3 is 1. The molecule has 0 radical (unpaired) electrons. The Morgan fingerprint density at radius 1 is 1.18 bits per heavy atom. The standard InChI is InChI=1S/C29H38N2O4S2Si/c1-8-22-10-9-11-23(20-22)21-24(35-38(6,7)29(2,3)4)14-16-30-18-19-36-28(33)31(30)17-15-25-12-13-26(37-25)27(32)34-5/h1,9-13,18-20,24H,14-17,21H2,2-7H3. The van der Waals surface area contributed by atoms with Crippen molar-refractivity contribution in [3.05, 3.63) is 68.9 Å². The molecular weight excluding hydrogens is 533 g/mol. The van der Waals surface area contributed by atoms with Crippen LogP contribution in [0.4, 0.5) is 4.79 Å². The van der Waals surface area contributed by atoms with Crippen LogP contribution >= 0.6 is 23.1 Å². The van der Waals surface area contributed by atoms with E-state index in [9.17, 15) is 9.59 Å². The van der Waals surface area contributed by atoms with Gasteiger partial charge in [-0.25, -0.2) is 9.80 Å². The van der Waals surface area contributed by atoms with Gasteiger partial charge in [0, 0.05) is 36.2 Å². The summed E-state index contributed by atoms with van der Waals surface area (Å²) in [5.41, 5.74) is 2.02. The molecule has 1 aromatic heterocycles. The highest BCUT2D eigenvalue weighted by Gasteiger charge is 2.39. The van der Waals surface area contributed by atoms with E-state index < -0.39 is 8.32 Å². The van der Waals surface area contributed by atoms with Crippen LogP contribution in [0.3, 0.4) is 0 Å². The number of nitrogens with zero attached hydrogens (tertiary/aromatic N) is 2. The van der Waals surface area contributed by atoms with Crippen LogP contribution in [0.1, 0.15) is 52.9 Å². The van der Waals surface area contributed by atoms with E-state index in [0.717, 1.165) is 28.8 Å². The summed E-state index contributed by atoms with van der Waals surface area (Å²) in [5.74, 6) is 2.39. The van der Waals surface area contributed by atoms with Crippen molar-refractivity contribution in [2.75, 3.05) is 20.2 Å².